The van der Waals surface area contributed by atoms with E-state index in [9.17, 15) is 9.59 Å². The van der Waals surface area contributed by atoms with E-state index >= 15 is 0 Å². The molecule has 0 aliphatic heterocycles. The van der Waals surface area contributed by atoms with Crippen molar-refractivity contribution in [3.8, 4) is 0 Å². The zero-order valence-electron chi connectivity index (χ0n) is 11.3. The highest BCUT2D eigenvalue weighted by atomic mass is 35.5. The molecule has 8 nitrogen and oxygen atoms in total. The summed E-state index contributed by atoms with van der Waals surface area (Å²) in [5.41, 5.74) is 1.01. The van der Waals surface area contributed by atoms with E-state index in [2.05, 4.69) is 25.6 Å². The van der Waals surface area contributed by atoms with Crippen molar-refractivity contribution in [1.82, 2.24) is 30.3 Å². The Hall–Kier alpha value is -2.09. The number of H-pyrrole nitrogens is 2. The van der Waals surface area contributed by atoms with Crippen LogP contribution in [0.5, 0.6) is 0 Å². The fourth-order valence-corrected chi connectivity index (χ4v) is 1.94. The quantitative estimate of drug-likeness (QED) is 0.761. The van der Waals surface area contributed by atoms with Gasteiger partial charge in [-0.05, 0) is 20.8 Å². The van der Waals surface area contributed by atoms with Gasteiger partial charge in [0, 0.05) is 0 Å². The van der Waals surface area contributed by atoms with Gasteiger partial charge in [-0.25, -0.2) is 9.89 Å². The molecule has 9 heteroatoms. The van der Waals surface area contributed by atoms with E-state index in [4.69, 9.17) is 11.6 Å². The Balaban J connectivity index is 2.02. The third-order valence-corrected chi connectivity index (χ3v) is 3.44. The first kappa shape index (κ1) is 14.3. The van der Waals surface area contributed by atoms with Crippen LogP contribution in [0, 0.1) is 13.8 Å². The molecule has 0 saturated carbocycles. The first-order valence-corrected chi connectivity index (χ1v) is 6.39. The Morgan fingerprint density at radius 2 is 2.20 bits per heavy atom. The number of aryl methyl sites for hydroxylation is 1. The molecule has 0 saturated heterocycles. The van der Waals surface area contributed by atoms with Crippen molar-refractivity contribution < 1.29 is 4.79 Å². The van der Waals surface area contributed by atoms with Crippen molar-refractivity contribution in [2.45, 2.75) is 33.4 Å². The zero-order valence-corrected chi connectivity index (χ0v) is 12.1. The maximum absolute atomic E-state index is 11.9. The number of hydrogen-bond donors (Lipinski definition) is 3. The lowest BCUT2D eigenvalue weighted by Crippen LogP contribution is -2.31. The summed E-state index contributed by atoms with van der Waals surface area (Å²) in [7, 11) is 0. The van der Waals surface area contributed by atoms with Gasteiger partial charge in [0.15, 0.2) is 5.82 Å². The molecule has 0 aliphatic carbocycles. The highest BCUT2D eigenvalue weighted by molar-refractivity contribution is 6.31. The predicted octanol–water partition coefficient (Wildman–Crippen LogP) is 0.442. The Morgan fingerprint density at radius 3 is 2.70 bits per heavy atom. The fraction of sp³-hybridized carbons (Fsp3) is 0.455. The smallest absolute Gasteiger partial charge is 0.340 e. The average Bonchev–Trinajstić information content (AvgIpc) is 2.90. The maximum Gasteiger partial charge on any atom is 0.340 e. The molecule has 0 aliphatic rings. The Kier molecular flexibility index (Phi) is 3.93. The first-order chi connectivity index (χ1) is 9.38. The molecule has 0 unspecified atom stereocenters. The van der Waals surface area contributed by atoms with Crippen molar-refractivity contribution in [3.05, 3.63) is 32.7 Å². The number of rotatable bonds is 4. The number of halogens is 1. The molecule has 0 spiro atoms. The Labute approximate surface area is 119 Å². The van der Waals surface area contributed by atoms with Crippen LogP contribution < -0.4 is 11.0 Å². The van der Waals surface area contributed by atoms with E-state index in [1.54, 1.807) is 20.8 Å². The summed E-state index contributed by atoms with van der Waals surface area (Å²) < 4.78 is 1.53. The number of aromatic nitrogens is 5. The molecule has 0 bridgehead atoms. The van der Waals surface area contributed by atoms with Crippen LogP contribution >= 0.6 is 11.6 Å². The number of aromatic amines is 2. The van der Waals surface area contributed by atoms with Crippen LogP contribution in [0.15, 0.2) is 4.79 Å². The standard InChI is InChI=1S/C11H15ClN6O2/c1-5-9(12)7(3)18(17-5)4-8(19)13-6(2)10-14-11(20)16-15-10/h6H,4H2,1-3H3,(H,13,19)(H2,14,15,16,20)/t6-/m0/s1. The molecular weight excluding hydrogens is 284 g/mol. The first-order valence-electron chi connectivity index (χ1n) is 6.02. The Morgan fingerprint density at radius 1 is 1.50 bits per heavy atom. The highest BCUT2D eigenvalue weighted by Gasteiger charge is 2.16. The molecule has 1 amide bonds. The summed E-state index contributed by atoms with van der Waals surface area (Å²) in [5, 5.41) is 13.5. The van der Waals surface area contributed by atoms with Crippen LogP contribution in [-0.4, -0.2) is 30.9 Å². The summed E-state index contributed by atoms with van der Waals surface area (Å²) in [4.78, 5) is 25.4. The van der Waals surface area contributed by atoms with E-state index in [1.165, 1.54) is 4.68 Å². The summed E-state index contributed by atoms with van der Waals surface area (Å²) in [6.45, 7) is 5.35. The van der Waals surface area contributed by atoms with Gasteiger partial charge in [0.1, 0.15) is 6.54 Å². The second-order valence-electron chi connectivity index (χ2n) is 4.49. The van der Waals surface area contributed by atoms with Gasteiger partial charge < -0.3 is 5.32 Å². The van der Waals surface area contributed by atoms with Crippen molar-refractivity contribution in [2.75, 3.05) is 0 Å². The van der Waals surface area contributed by atoms with Gasteiger partial charge in [-0.3, -0.25) is 14.5 Å². The molecule has 2 heterocycles. The van der Waals surface area contributed by atoms with Gasteiger partial charge in [-0.2, -0.15) is 10.2 Å². The van der Waals surface area contributed by atoms with Crippen LogP contribution in [0.2, 0.25) is 5.02 Å². The molecule has 3 N–H and O–H groups in total. The minimum atomic E-state index is -0.411. The van der Waals surface area contributed by atoms with Crippen molar-refractivity contribution in [2.24, 2.45) is 0 Å². The van der Waals surface area contributed by atoms with Crippen LogP contribution in [-0.2, 0) is 11.3 Å². The lowest BCUT2D eigenvalue weighted by Gasteiger charge is -2.11. The third kappa shape index (κ3) is 2.90. The minimum Gasteiger partial charge on any atom is -0.345 e. The molecule has 108 valence electrons. The van der Waals surface area contributed by atoms with E-state index in [0.29, 0.717) is 16.5 Å². The molecule has 2 rings (SSSR count). The highest BCUT2D eigenvalue weighted by Crippen LogP contribution is 2.18. The average molecular weight is 299 g/mol. The van der Waals surface area contributed by atoms with E-state index in [-0.39, 0.29) is 12.5 Å². The van der Waals surface area contributed by atoms with Crippen molar-refractivity contribution in [3.63, 3.8) is 0 Å². The summed E-state index contributed by atoms with van der Waals surface area (Å²) in [6.07, 6.45) is 0. The second kappa shape index (κ2) is 5.49. The van der Waals surface area contributed by atoms with Crippen molar-refractivity contribution >= 4 is 17.5 Å². The van der Waals surface area contributed by atoms with Gasteiger partial charge in [0.25, 0.3) is 0 Å². The largest absolute Gasteiger partial charge is 0.345 e. The van der Waals surface area contributed by atoms with Crippen LogP contribution in [0.25, 0.3) is 0 Å². The summed E-state index contributed by atoms with van der Waals surface area (Å²) in [6, 6.07) is -0.408. The van der Waals surface area contributed by atoms with Crippen LogP contribution in [0.1, 0.15) is 30.2 Å². The number of carbonyl (C=O) groups is 1. The summed E-state index contributed by atoms with van der Waals surface area (Å²) in [5.74, 6) is 0.123. The second-order valence-corrected chi connectivity index (χ2v) is 4.87. The van der Waals surface area contributed by atoms with Gasteiger partial charge in [0.05, 0.1) is 22.5 Å². The maximum atomic E-state index is 11.9. The van der Waals surface area contributed by atoms with Crippen LogP contribution in [0.3, 0.4) is 0 Å². The van der Waals surface area contributed by atoms with Gasteiger partial charge in [-0.1, -0.05) is 11.6 Å². The van der Waals surface area contributed by atoms with Gasteiger partial charge in [-0.15, -0.1) is 0 Å². The number of amides is 1. The predicted molar refractivity (Wildman–Crippen MR) is 72.5 cm³/mol. The minimum absolute atomic E-state index is 0.0540. The van der Waals surface area contributed by atoms with Crippen molar-refractivity contribution in [1.29, 1.82) is 0 Å². The number of nitrogens with zero attached hydrogens (tertiary/aromatic N) is 3. The Bertz CT molecular complexity index is 685. The van der Waals surface area contributed by atoms with E-state index in [1.807, 2.05) is 0 Å². The van der Waals surface area contributed by atoms with Gasteiger partial charge >= 0.3 is 5.69 Å². The molecule has 0 fully saturated rings. The normalized spacial score (nSPS) is 12.4. The van der Waals surface area contributed by atoms with E-state index < -0.39 is 11.7 Å². The van der Waals surface area contributed by atoms with Gasteiger partial charge in [0.2, 0.25) is 5.91 Å². The SMILES string of the molecule is Cc1nn(CC(=O)N[C@@H](C)c2n[nH]c(=O)[nH]2)c(C)c1Cl. The lowest BCUT2D eigenvalue weighted by atomic mass is 10.3. The molecule has 1 atom stereocenters. The lowest BCUT2D eigenvalue weighted by molar-refractivity contribution is -0.122. The topological polar surface area (TPSA) is 108 Å². The molecule has 2 aromatic rings. The summed E-state index contributed by atoms with van der Waals surface area (Å²) >= 11 is 6.02. The number of hydrogen-bond acceptors (Lipinski definition) is 4. The fourth-order valence-electron chi connectivity index (χ4n) is 1.81. The molecule has 0 aromatic carbocycles. The molecule has 0 radical (unpaired) electrons. The third-order valence-electron chi connectivity index (χ3n) is 2.89. The molecular formula is C11H15ClN6O2. The monoisotopic (exact) mass is 298 g/mol. The number of nitrogens with one attached hydrogen (secondary N) is 3. The molecule has 2 aromatic heterocycles. The van der Waals surface area contributed by atoms with Crippen LogP contribution in [0.4, 0.5) is 0 Å². The number of carbonyl (C=O) groups excluding carboxylic acids is 1. The molecule has 20 heavy (non-hydrogen) atoms. The van der Waals surface area contributed by atoms with E-state index in [0.717, 1.165) is 5.69 Å². The zero-order chi connectivity index (χ0) is 14.9.